The first-order valence-corrected chi connectivity index (χ1v) is 10.2. The van der Waals surface area contributed by atoms with Crippen LogP contribution in [0.2, 0.25) is 0 Å². The van der Waals surface area contributed by atoms with Crippen LogP contribution in [0, 0.1) is 0 Å². The highest BCUT2D eigenvalue weighted by Gasteiger charge is 2.26. The van der Waals surface area contributed by atoms with E-state index in [9.17, 15) is 4.79 Å². The maximum Gasteiger partial charge on any atom is 0.161 e. The number of fused-ring (bicyclic) bond motifs is 2. The van der Waals surface area contributed by atoms with E-state index in [4.69, 9.17) is 18.9 Å². The van der Waals surface area contributed by atoms with Crippen molar-refractivity contribution >= 4 is 17.7 Å². The van der Waals surface area contributed by atoms with Gasteiger partial charge in [0.25, 0.3) is 0 Å². The Morgan fingerprint density at radius 1 is 0.935 bits per heavy atom. The highest BCUT2D eigenvalue weighted by atomic mass is 16.6. The van der Waals surface area contributed by atoms with Gasteiger partial charge in [0.05, 0.1) is 19.8 Å². The average Bonchev–Trinajstić information content (AvgIpc) is 3.27. The van der Waals surface area contributed by atoms with E-state index >= 15 is 0 Å². The van der Waals surface area contributed by atoms with E-state index in [1.807, 2.05) is 18.2 Å². The molecule has 0 saturated carbocycles. The lowest BCUT2D eigenvalue weighted by Crippen LogP contribution is -2.15. The lowest BCUT2D eigenvalue weighted by Gasteiger charge is -2.22. The topological polar surface area (TPSA) is 57.2 Å². The van der Waals surface area contributed by atoms with Gasteiger partial charge in [-0.3, -0.25) is 4.79 Å². The third-order valence-electron chi connectivity index (χ3n) is 5.84. The van der Waals surface area contributed by atoms with Crippen molar-refractivity contribution in [2.45, 2.75) is 6.42 Å². The van der Waals surface area contributed by atoms with E-state index in [1.54, 1.807) is 14.2 Å². The van der Waals surface area contributed by atoms with Gasteiger partial charge in [0.2, 0.25) is 0 Å². The number of carbonyl (C=O) groups excluding carboxylic acids is 1. The van der Waals surface area contributed by atoms with Crippen LogP contribution in [0.1, 0.15) is 15.9 Å². The zero-order valence-corrected chi connectivity index (χ0v) is 17.5. The molecule has 0 N–H and O–H groups in total. The highest BCUT2D eigenvalue weighted by molar-refractivity contribution is 5.88. The zero-order valence-electron chi connectivity index (χ0n) is 17.5. The summed E-state index contributed by atoms with van der Waals surface area (Å²) in [6.45, 7) is 1.97. The quantitative estimate of drug-likeness (QED) is 0.564. The lowest BCUT2D eigenvalue weighted by molar-refractivity contribution is 0.111. The van der Waals surface area contributed by atoms with Crippen LogP contribution in [0.3, 0.4) is 0 Å². The molecule has 0 unspecified atom stereocenters. The van der Waals surface area contributed by atoms with Crippen LogP contribution in [-0.2, 0) is 6.42 Å². The van der Waals surface area contributed by atoms with Gasteiger partial charge >= 0.3 is 0 Å². The second kappa shape index (κ2) is 7.87. The van der Waals surface area contributed by atoms with Crippen LogP contribution < -0.4 is 23.8 Å². The van der Waals surface area contributed by atoms with Crippen LogP contribution in [0.4, 0.5) is 11.4 Å². The van der Waals surface area contributed by atoms with Crippen LogP contribution in [-0.4, -0.2) is 40.3 Å². The normalized spacial score (nSPS) is 14.2. The van der Waals surface area contributed by atoms with E-state index in [-0.39, 0.29) is 0 Å². The molecule has 0 radical (unpaired) electrons. The van der Waals surface area contributed by atoms with Gasteiger partial charge in [-0.2, -0.15) is 0 Å². The Bertz CT molecular complexity index is 1130. The van der Waals surface area contributed by atoms with Gasteiger partial charge in [-0.1, -0.05) is 18.2 Å². The molecule has 6 heteroatoms. The summed E-state index contributed by atoms with van der Waals surface area (Å²) in [4.78, 5) is 13.7. The van der Waals surface area contributed by atoms with Crippen LogP contribution >= 0.6 is 0 Å². The minimum absolute atomic E-state index is 0.415. The fourth-order valence-corrected chi connectivity index (χ4v) is 4.38. The van der Waals surface area contributed by atoms with Crippen molar-refractivity contribution in [3.8, 4) is 34.1 Å². The van der Waals surface area contributed by atoms with E-state index in [1.165, 1.54) is 11.1 Å². The minimum Gasteiger partial charge on any atom is -0.496 e. The SMILES string of the molecule is COc1cc(N2CCc3c(-c4ccc5c(c4)OCCO5)cccc32)cc(OC)c1C=O. The minimum atomic E-state index is 0.415. The number of hydrogen-bond donors (Lipinski definition) is 0. The van der Waals surface area contributed by atoms with E-state index < -0.39 is 0 Å². The molecule has 31 heavy (non-hydrogen) atoms. The summed E-state index contributed by atoms with van der Waals surface area (Å²) in [5.74, 6) is 2.58. The van der Waals surface area contributed by atoms with Gasteiger partial charge in [0.15, 0.2) is 17.8 Å². The Labute approximate surface area is 180 Å². The van der Waals surface area contributed by atoms with Crippen molar-refractivity contribution in [2.75, 3.05) is 38.9 Å². The third kappa shape index (κ3) is 3.24. The molecule has 6 nitrogen and oxygen atoms in total. The van der Waals surface area contributed by atoms with Crippen molar-refractivity contribution in [3.63, 3.8) is 0 Å². The van der Waals surface area contributed by atoms with Crippen molar-refractivity contribution in [1.29, 1.82) is 0 Å². The van der Waals surface area contributed by atoms with Crippen LogP contribution in [0.5, 0.6) is 23.0 Å². The molecule has 2 aliphatic rings. The molecule has 3 aromatic rings. The van der Waals surface area contributed by atoms with Gasteiger partial charge in [0.1, 0.15) is 24.7 Å². The van der Waals surface area contributed by atoms with Crippen molar-refractivity contribution < 1.29 is 23.7 Å². The summed E-state index contributed by atoms with van der Waals surface area (Å²) in [5.41, 5.74) is 6.04. The summed E-state index contributed by atoms with van der Waals surface area (Å²) in [6, 6.07) is 16.2. The first kappa shape index (κ1) is 19.3. The number of benzene rings is 3. The second-order valence-electron chi connectivity index (χ2n) is 7.45. The molecule has 0 bridgehead atoms. The fourth-order valence-electron chi connectivity index (χ4n) is 4.38. The molecule has 158 valence electrons. The third-order valence-corrected chi connectivity index (χ3v) is 5.84. The molecular weight excluding hydrogens is 394 g/mol. The molecule has 5 rings (SSSR count). The molecule has 0 spiro atoms. The molecule has 3 aromatic carbocycles. The van der Waals surface area contributed by atoms with Gasteiger partial charge in [-0.15, -0.1) is 0 Å². The Morgan fingerprint density at radius 3 is 2.39 bits per heavy atom. The molecule has 2 aliphatic heterocycles. The summed E-state index contributed by atoms with van der Waals surface area (Å²) in [6.07, 6.45) is 1.67. The van der Waals surface area contributed by atoms with E-state index in [0.717, 1.165) is 47.7 Å². The number of nitrogens with zero attached hydrogens (tertiary/aromatic N) is 1. The zero-order chi connectivity index (χ0) is 21.4. The Morgan fingerprint density at radius 2 is 1.68 bits per heavy atom. The van der Waals surface area contributed by atoms with Gasteiger partial charge in [0, 0.05) is 30.1 Å². The first-order chi connectivity index (χ1) is 15.2. The number of aldehydes is 1. The first-order valence-electron chi connectivity index (χ1n) is 10.2. The lowest BCUT2D eigenvalue weighted by atomic mass is 9.97. The largest absolute Gasteiger partial charge is 0.496 e. The Kier molecular flexibility index (Phi) is 4.90. The van der Waals surface area contributed by atoms with Crippen molar-refractivity contribution in [2.24, 2.45) is 0 Å². The number of rotatable bonds is 5. The van der Waals surface area contributed by atoms with Gasteiger partial charge in [-0.25, -0.2) is 0 Å². The monoisotopic (exact) mass is 417 g/mol. The maximum atomic E-state index is 11.5. The summed E-state index contributed by atoms with van der Waals surface area (Å²) >= 11 is 0. The summed E-state index contributed by atoms with van der Waals surface area (Å²) in [5, 5.41) is 0. The number of anilines is 2. The van der Waals surface area contributed by atoms with Crippen molar-refractivity contribution in [3.05, 3.63) is 59.7 Å². The summed E-state index contributed by atoms with van der Waals surface area (Å²) < 4.78 is 22.3. The number of carbonyl (C=O) groups is 1. The highest BCUT2D eigenvalue weighted by Crippen LogP contribution is 2.44. The molecule has 0 aromatic heterocycles. The van der Waals surface area contributed by atoms with Crippen LogP contribution in [0.25, 0.3) is 11.1 Å². The van der Waals surface area contributed by atoms with Crippen molar-refractivity contribution in [1.82, 2.24) is 0 Å². The van der Waals surface area contributed by atoms with E-state index in [0.29, 0.717) is 30.3 Å². The molecule has 0 amide bonds. The standard InChI is InChI=1S/C25H23NO5/c1-28-23-13-17(14-24(29-2)20(23)15-27)26-9-8-19-18(4-3-5-21(19)26)16-6-7-22-25(12-16)31-11-10-30-22/h3-7,12-15H,8-11H2,1-2H3. The second-order valence-corrected chi connectivity index (χ2v) is 7.45. The molecule has 0 saturated heterocycles. The fraction of sp³-hybridized carbons (Fsp3) is 0.240. The molecular formula is C25H23NO5. The smallest absolute Gasteiger partial charge is 0.161 e. The van der Waals surface area contributed by atoms with Gasteiger partial charge in [-0.05, 0) is 41.3 Å². The molecule has 2 heterocycles. The van der Waals surface area contributed by atoms with Crippen LogP contribution in [0.15, 0.2) is 48.5 Å². The molecule has 0 aliphatic carbocycles. The maximum absolute atomic E-state index is 11.5. The Balaban J connectivity index is 1.57. The summed E-state index contributed by atoms with van der Waals surface area (Å²) in [7, 11) is 3.12. The predicted octanol–water partition coefficient (Wildman–Crippen LogP) is 4.65. The number of methoxy groups -OCH3 is 2. The molecule has 0 atom stereocenters. The van der Waals surface area contributed by atoms with Gasteiger partial charge < -0.3 is 23.8 Å². The Hall–Kier alpha value is -3.67. The predicted molar refractivity (Wildman–Crippen MR) is 119 cm³/mol. The number of ether oxygens (including phenoxy) is 4. The van der Waals surface area contributed by atoms with E-state index in [2.05, 4.69) is 35.2 Å². The average molecular weight is 417 g/mol. The molecule has 0 fully saturated rings. The number of hydrogen-bond acceptors (Lipinski definition) is 6.